The molecule has 0 bridgehead atoms. The van der Waals surface area contributed by atoms with Gasteiger partial charge in [-0.3, -0.25) is 0 Å². The summed E-state index contributed by atoms with van der Waals surface area (Å²) in [5.74, 6) is 0. The van der Waals surface area contributed by atoms with Gasteiger partial charge >= 0.3 is 0 Å². The number of benzene rings is 4. The molecular formula is C23H17NOS. The molecule has 0 unspecified atom stereocenters. The minimum atomic E-state index is 1.10. The highest BCUT2D eigenvalue weighted by Crippen LogP contribution is 2.36. The number of rotatable bonds is 3. The molecule has 0 radical (unpaired) electrons. The van der Waals surface area contributed by atoms with E-state index in [2.05, 4.69) is 89.5 Å². The third-order valence-corrected chi connectivity index (χ3v) is 5.47. The zero-order valence-corrected chi connectivity index (χ0v) is 15.2. The van der Waals surface area contributed by atoms with Crippen molar-refractivity contribution in [2.45, 2.75) is 4.90 Å². The van der Waals surface area contributed by atoms with Gasteiger partial charge in [-0.1, -0.05) is 54.6 Å². The molecule has 0 fully saturated rings. The highest BCUT2D eigenvalue weighted by molar-refractivity contribution is 7.94. The molecule has 2 nitrogen and oxygen atoms in total. The van der Waals surface area contributed by atoms with Crippen molar-refractivity contribution in [1.82, 2.24) is 4.57 Å². The van der Waals surface area contributed by atoms with E-state index in [1.807, 2.05) is 0 Å². The van der Waals surface area contributed by atoms with Crippen LogP contribution in [-0.2, 0) is 4.18 Å². The van der Waals surface area contributed by atoms with Gasteiger partial charge in [0.15, 0.2) is 0 Å². The Morgan fingerprint density at radius 3 is 2.23 bits per heavy atom. The van der Waals surface area contributed by atoms with Crippen LogP contribution in [0.3, 0.4) is 0 Å². The van der Waals surface area contributed by atoms with E-state index in [0.29, 0.717) is 0 Å². The monoisotopic (exact) mass is 355 g/mol. The lowest BCUT2D eigenvalue weighted by Crippen LogP contribution is -1.94. The lowest BCUT2D eigenvalue weighted by Gasteiger charge is -2.10. The quantitative estimate of drug-likeness (QED) is 0.339. The Morgan fingerprint density at radius 2 is 1.42 bits per heavy atom. The Hall–Kier alpha value is -2.75. The number of hydrogen-bond acceptors (Lipinski definition) is 2. The van der Waals surface area contributed by atoms with E-state index in [9.17, 15) is 0 Å². The molecule has 0 saturated heterocycles. The third kappa shape index (κ3) is 2.32. The highest BCUT2D eigenvalue weighted by Gasteiger charge is 2.14. The minimum absolute atomic E-state index is 1.10. The molecule has 126 valence electrons. The first-order chi connectivity index (χ1) is 12.9. The maximum absolute atomic E-state index is 5.17. The van der Waals surface area contributed by atoms with Crippen LogP contribution in [0.15, 0.2) is 89.8 Å². The first kappa shape index (κ1) is 15.5. The molecule has 0 spiro atoms. The topological polar surface area (TPSA) is 14.2 Å². The van der Waals surface area contributed by atoms with Crippen LogP contribution in [0.5, 0.6) is 0 Å². The van der Waals surface area contributed by atoms with Crippen LogP contribution in [-0.4, -0.2) is 11.7 Å². The Bertz CT molecular complexity index is 1240. The zero-order chi connectivity index (χ0) is 17.5. The van der Waals surface area contributed by atoms with Crippen molar-refractivity contribution in [3.63, 3.8) is 0 Å². The second-order valence-electron chi connectivity index (χ2n) is 6.28. The molecule has 3 heteroatoms. The van der Waals surface area contributed by atoms with Crippen LogP contribution in [0, 0.1) is 0 Å². The van der Waals surface area contributed by atoms with Crippen molar-refractivity contribution in [3.05, 3.63) is 84.9 Å². The second kappa shape index (κ2) is 6.20. The molecule has 26 heavy (non-hydrogen) atoms. The minimum Gasteiger partial charge on any atom is -0.314 e. The van der Waals surface area contributed by atoms with E-state index in [1.165, 1.54) is 44.6 Å². The molecule has 1 aromatic heterocycles. The summed E-state index contributed by atoms with van der Waals surface area (Å²) in [5.41, 5.74) is 3.65. The molecule has 0 amide bonds. The first-order valence-electron chi connectivity index (χ1n) is 8.59. The smallest absolute Gasteiger partial charge is 0.0619 e. The molecule has 0 saturated carbocycles. The van der Waals surface area contributed by atoms with E-state index in [1.54, 1.807) is 7.11 Å². The van der Waals surface area contributed by atoms with Crippen LogP contribution in [0.1, 0.15) is 0 Å². The lowest BCUT2D eigenvalue weighted by atomic mass is 10.1. The molecule has 1 heterocycles. The van der Waals surface area contributed by atoms with Crippen LogP contribution < -0.4 is 0 Å². The Labute approximate surface area is 156 Å². The predicted molar refractivity (Wildman–Crippen MR) is 111 cm³/mol. The zero-order valence-electron chi connectivity index (χ0n) is 14.3. The van der Waals surface area contributed by atoms with Crippen molar-refractivity contribution in [3.8, 4) is 5.69 Å². The average molecular weight is 355 g/mol. The maximum Gasteiger partial charge on any atom is 0.0619 e. The van der Waals surface area contributed by atoms with E-state index >= 15 is 0 Å². The maximum atomic E-state index is 5.17. The first-order valence-corrected chi connectivity index (χ1v) is 9.33. The predicted octanol–water partition coefficient (Wildman–Crippen LogP) is 6.59. The van der Waals surface area contributed by atoms with Crippen LogP contribution in [0.2, 0.25) is 0 Å². The van der Waals surface area contributed by atoms with Crippen LogP contribution in [0.4, 0.5) is 0 Å². The molecule has 0 atom stereocenters. The number of nitrogens with zero attached hydrogens (tertiary/aromatic N) is 1. The summed E-state index contributed by atoms with van der Waals surface area (Å²) in [6, 6.07) is 30.2. The van der Waals surface area contributed by atoms with E-state index < -0.39 is 0 Å². The summed E-state index contributed by atoms with van der Waals surface area (Å²) in [5, 5.41) is 5.10. The van der Waals surface area contributed by atoms with Crippen molar-refractivity contribution < 1.29 is 4.18 Å². The number of fused-ring (bicyclic) bond motifs is 5. The van der Waals surface area contributed by atoms with Gasteiger partial charge in [-0.15, -0.1) is 0 Å². The second-order valence-corrected chi connectivity index (χ2v) is 7.25. The highest BCUT2D eigenvalue weighted by atomic mass is 32.2. The summed E-state index contributed by atoms with van der Waals surface area (Å²) in [7, 11) is 1.69. The van der Waals surface area contributed by atoms with Gasteiger partial charge in [0, 0.05) is 38.8 Å². The van der Waals surface area contributed by atoms with Gasteiger partial charge in [-0.05, 0) is 35.7 Å². The number of para-hydroxylation sites is 1. The number of aromatic nitrogens is 1. The Kier molecular flexibility index (Phi) is 3.70. The molecular weight excluding hydrogens is 338 g/mol. The van der Waals surface area contributed by atoms with Crippen LogP contribution in [0.25, 0.3) is 38.3 Å². The average Bonchev–Trinajstić information content (AvgIpc) is 3.04. The fraction of sp³-hybridized carbons (Fsp3) is 0.0435. The van der Waals surface area contributed by atoms with Gasteiger partial charge in [0.2, 0.25) is 0 Å². The molecule has 0 aliphatic rings. The Morgan fingerprint density at radius 1 is 0.692 bits per heavy atom. The van der Waals surface area contributed by atoms with Crippen LogP contribution >= 0.6 is 12.0 Å². The van der Waals surface area contributed by atoms with Gasteiger partial charge in [0.1, 0.15) is 0 Å². The molecule has 5 rings (SSSR count). The van der Waals surface area contributed by atoms with Gasteiger partial charge < -0.3 is 8.75 Å². The standard InChI is InChI=1S/C23H17NOS/c1-25-26-18-13-11-17(12-14-18)24-22-9-5-4-8-20(22)21-15-10-16-6-2-3-7-19(16)23(21)24/h2-15H,1H3. The summed E-state index contributed by atoms with van der Waals surface area (Å²) < 4.78 is 7.54. The molecule has 0 N–H and O–H groups in total. The lowest BCUT2D eigenvalue weighted by molar-refractivity contribution is 0.490. The van der Waals surface area contributed by atoms with Crippen molar-refractivity contribution in [2.75, 3.05) is 7.11 Å². The summed E-state index contributed by atoms with van der Waals surface area (Å²) in [4.78, 5) is 1.10. The van der Waals surface area contributed by atoms with E-state index in [0.717, 1.165) is 10.6 Å². The fourth-order valence-corrected chi connectivity index (χ4v) is 4.19. The molecule has 5 aromatic rings. The molecule has 0 aliphatic heterocycles. The fourth-order valence-electron chi connectivity index (χ4n) is 3.75. The van der Waals surface area contributed by atoms with E-state index in [-0.39, 0.29) is 0 Å². The third-order valence-electron chi connectivity index (χ3n) is 4.83. The largest absolute Gasteiger partial charge is 0.314 e. The van der Waals surface area contributed by atoms with E-state index in [4.69, 9.17) is 4.18 Å². The van der Waals surface area contributed by atoms with Crippen molar-refractivity contribution >= 4 is 44.6 Å². The van der Waals surface area contributed by atoms with Crippen molar-refractivity contribution in [2.24, 2.45) is 0 Å². The van der Waals surface area contributed by atoms with Gasteiger partial charge in [0.05, 0.1) is 18.1 Å². The SMILES string of the molecule is COSc1ccc(-n2c3ccccc3c3ccc4ccccc4c32)cc1. The number of hydrogen-bond donors (Lipinski definition) is 0. The summed E-state index contributed by atoms with van der Waals surface area (Å²) in [6.07, 6.45) is 0. The van der Waals surface area contributed by atoms with Gasteiger partial charge in [-0.2, -0.15) is 0 Å². The Balaban J connectivity index is 1.91. The van der Waals surface area contributed by atoms with Gasteiger partial charge in [-0.25, -0.2) is 0 Å². The van der Waals surface area contributed by atoms with Gasteiger partial charge in [0.25, 0.3) is 0 Å². The molecule has 0 aliphatic carbocycles. The normalized spacial score (nSPS) is 11.6. The summed E-state index contributed by atoms with van der Waals surface area (Å²) >= 11 is 1.38. The molecule has 4 aromatic carbocycles. The summed E-state index contributed by atoms with van der Waals surface area (Å²) in [6.45, 7) is 0. The van der Waals surface area contributed by atoms with Crippen molar-refractivity contribution in [1.29, 1.82) is 0 Å².